The molecule has 174 valence electrons. The van der Waals surface area contributed by atoms with Crippen LogP contribution in [0.2, 0.25) is 0 Å². The summed E-state index contributed by atoms with van der Waals surface area (Å²) >= 11 is 1.55. The number of hydrogen-bond donors (Lipinski definition) is 3. The smallest absolute Gasteiger partial charge is 0.220 e. The van der Waals surface area contributed by atoms with Crippen LogP contribution in [-0.2, 0) is 17.8 Å². The van der Waals surface area contributed by atoms with Crippen LogP contribution in [0.4, 0.5) is 5.69 Å². The van der Waals surface area contributed by atoms with Gasteiger partial charge in [-0.3, -0.25) is 4.79 Å². The molecule has 0 saturated heterocycles. The SMILES string of the molecule is CC(C)c1cc(CCC(=O)NCc2cccc(N=C(N)c3cccs3)c2)cc(C(C)C)c1O. The molecule has 3 rings (SSSR count). The van der Waals surface area contributed by atoms with E-state index in [1.165, 1.54) is 0 Å². The van der Waals surface area contributed by atoms with Gasteiger partial charge in [0.25, 0.3) is 0 Å². The number of aryl methyl sites for hydroxylation is 1. The summed E-state index contributed by atoms with van der Waals surface area (Å²) < 4.78 is 0. The lowest BCUT2D eigenvalue weighted by atomic mass is 9.90. The lowest BCUT2D eigenvalue weighted by molar-refractivity contribution is -0.121. The fraction of sp³-hybridized carbons (Fsp3) is 0.333. The molecular weight excluding hydrogens is 430 g/mol. The molecule has 0 aliphatic carbocycles. The number of phenols is 1. The van der Waals surface area contributed by atoms with E-state index < -0.39 is 0 Å². The Balaban J connectivity index is 1.60. The van der Waals surface area contributed by atoms with Crippen molar-refractivity contribution in [1.82, 2.24) is 5.32 Å². The van der Waals surface area contributed by atoms with Crippen molar-refractivity contribution in [2.24, 2.45) is 10.7 Å². The third-order valence-electron chi connectivity index (χ3n) is 5.54. The first-order valence-corrected chi connectivity index (χ1v) is 12.2. The zero-order chi connectivity index (χ0) is 24.0. The van der Waals surface area contributed by atoms with Crippen molar-refractivity contribution in [3.8, 4) is 5.75 Å². The number of nitrogens with one attached hydrogen (secondary N) is 1. The molecule has 0 spiro atoms. The van der Waals surface area contributed by atoms with Crippen LogP contribution >= 0.6 is 11.3 Å². The van der Waals surface area contributed by atoms with Crippen molar-refractivity contribution in [1.29, 1.82) is 0 Å². The molecule has 3 aromatic rings. The first-order chi connectivity index (χ1) is 15.7. The van der Waals surface area contributed by atoms with Gasteiger partial charge in [0.15, 0.2) is 0 Å². The normalized spacial score (nSPS) is 11.9. The zero-order valence-corrected chi connectivity index (χ0v) is 20.6. The van der Waals surface area contributed by atoms with Gasteiger partial charge in [-0.2, -0.15) is 0 Å². The highest BCUT2D eigenvalue weighted by molar-refractivity contribution is 7.12. The summed E-state index contributed by atoms with van der Waals surface area (Å²) in [6.07, 6.45) is 1.02. The van der Waals surface area contributed by atoms with Crippen molar-refractivity contribution >= 4 is 28.8 Å². The van der Waals surface area contributed by atoms with E-state index in [2.05, 4.69) is 38.0 Å². The number of carbonyl (C=O) groups is 1. The number of nitrogens with zero attached hydrogens (tertiary/aromatic N) is 1. The van der Waals surface area contributed by atoms with E-state index in [1.54, 1.807) is 11.3 Å². The van der Waals surface area contributed by atoms with Gasteiger partial charge in [0.1, 0.15) is 11.6 Å². The van der Waals surface area contributed by atoms with Crippen molar-refractivity contribution in [3.05, 3.63) is 81.0 Å². The van der Waals surface area contributed by atoms with Gasteiger partial charge < -0.3 is 16.2 Å². The second-order valence-electron chi connectivity index (χ2n) is 8.85. The summed E-state index contributed by atoms with van der Waals surface area (Å²) in [5, 5.41) is 15.5. The van der Waals surface area contributed by atoms with Gasteiger partial charge in [-0.15, -0.1) is 11.3 Å². The largest absolute Gasteiger partial charge is 0.507 e. The number of amides is 1. The molecule has 4 N–H and O–H groups in total. The third kappa shape index (κ3) is 6.68. The summed E-state index contributed by atoms with van der Waals surface area (Å²) in [5.74, 6) is 1.31. The molecule has 1 aromatic heterocycles. The van der Waals surface area contributed by atoms with Gasteiger partial charge in [-0.1, -0.05) is 58.0 Å². The monoisotopic (exact) mass is 463 g/mol. The van der Waals surface area contributed by atoms with Crippen LogP contribution in [0.15, 0.2) is 58.9 Å². The molecule has 1 heterocycles. The van der Waals surface area contributed by atoms with Gasteiger partial charge in [0.05, 0.1) is 10.6 Å². The molecule has 0 bridgehead atoms. The van der Waals surface area contributed by atoms with Crippen LogP contribution in [0.25, 0.3) is 0 Å². The second kappa shape index (κ2) is 11.1. The van der Waals surface area contributed by atoms with Crippen molar-refractivity contribution < 1.29 is 9.90 Å². The summed E-state index contributed by atoms with van der Waals surface area (Å²) in [6, 6.07) is 15.6. The molecular formula is C27H33N3O2S. The number of carbonyl (C=O) groups excluding carboxylic acids is 1. The van der Waals surface area contributed by atoms with Crippen LogP contribution in [-0.4, -0.2) is 16.8 Å². The predicted molar refractivity (Wildman–Crippen MR) is 138 cm³/mol. The number of amidine groups is 1. The number of nitrogens with two attached hydrogens (primary N) is 1. The Morgan fingerprint density at radius 3 is 2.33 bits per heavy atom. The Hall–Kier alpha value is -3.12. The van der Waals surface area contributed by atoms with E-state index in [9.17, 15) is 9.90 Å². The van der Waals surface area contributed by atoms with E-state index in [0.29, 0.717) is 31.0 Å². The Morgan fingerprint density at radius 2 is 1.73 bits per heavy atom. The number of benzene rings is 2. The van der Waals surface area contributed by atoms with Crippen molar-refractivity contribution in [2.75, 3.05) is 0 Å². The number of hydrogen-bond acceptors (Lipinski definition) is 4. The Labute approximate surface area is 200 Å². The lowest BCUT2D eigenvalue weighted by Crippen LogP contribution is -2.23. The Bertz CT molecular complexity index is 1090. The topological polar surface area (TPSA) is 87.7 Å². The predicted octanol–water partition coefficient (Wildman–Crippen LogP) is 5.99. The molecule has 1 amide bonds. The first-order valence-electron chi connectivity index (χ1n) is 11.3. The van der Waals surface area contributed by atoms with Crippen molar-refractivity contribution in [3.63, 3.8) is 0 Å². The van der Waals surface area contributed by atoms with Crippen LogP contribution in [0.1, 0.15) is 73.1 Å². The number of rotatable bonds is 9. The van der Waals surface area contributed by atoms with Gasteiger partial charge >= 0.3 is 0 Å². The highest BCUT2D eigenvalue weighted by atomic mass is 32.1. The summed E-state index contributed by atoms with van der Waals surface area (Å²) in [5.41, 5.74) is 10.8. The van der Waals surface area contributed by atoms with Gasteiger partial charge in [-0.05, 0) is 64.1 Å². The molecule has 0 unspecified atom stereocenters. The van der Waals surface area contributed by atoms with Gasteiger partial charge in [0, 0.05) is 13.0 Å². The minimum absolute atomic E-state index is 0.00715. The molecule has 6 heteroatoms. The maximum absolute atomic E-state index is 12.5. The third-order valence-corrected chi connectivity index (χ3v) is 6.43. The molecule has 0 fully saturated rings. The van der Waals surface area contributed by atoms with E-state index in [1.807, 2.05) is 53.9 Å². The summed E-state index contributed by atoms with van der Waals surface area (Å²) in [7, 11) is 0. The van der Waals surface area contributed by atoms with Crippen LogP contribution in [0.5, 0.6) is 5.75 Å². The minimum atomic E-state index is -0.00715. The molecule has 0 aliphatic rings. The second-order valence-corrected chi connectivity index (χ2v) is 9.80. The van der Waals surface area contributed by atoms with Crippen molar-refractivity contribution in [2.45, 2.75) is 58.9 Å². The molecule has 2 aromatic carbocycles. The summed E-state index contributed by atoms with van der Waals surface area (Å²) in [4.78, 5) is 17.9. The van der Waals surface area contributed by atoms with Gasteiger partial charge in [0.2, 0.25) is 5.91 Å². The fourth-order valence-electron chi connectivity index (χ4n) is 3.67. The first kappa shape index (κ1) is 24.5. The number of thiophene rings is 1. The van der Waals surface area contributed by atoms with E-state index in [4.69, 9.17) is 5.73 Å². The highest BCUT2D eigenvalue weighted by Crippen LogP contribution is 2.35. The number of aromatic hydroxyl groups is 1. The molecule has 5 nitrogen and oxygen atoms in total. The molecule has 0 atom stereocenters. The Morgan fingerprint density at radius 1 is 1.03 bits per heavy atom. The molecule has 0 radical (unpaired) electrons. The quantitative estimate of drug-likeness (QED) is 0.269. The molecule has 0 aliphatic heterocycles. The Kier molecular flexibility index (Phi) is 8.28. The summed E-state index contributed by atoms with van der Waals surface area (Å²) in [6.45, 7) is 8.72. The van der Waals surface area contributed by atoms with E-state index >= 15 is 0 Å². The average molecular weight is 464 g/mol. The standard InChI is InChI=1S/C27H33N3O2S/c1-17(2)22-14-19(15-23(18(3)4)26(22)32)10-11-25(31)29-16-20-7-5-8-21(13-20)30-27(28)24-9-6-12-33-24/h5-9,12-15,17-18,32H,10-11,16H2,1-4H3,(H2,28,30)(H,29,31). The maximum Gasteiger partial charge on any atom is 0.220 e. The highest BCUT2D eigenvalue weighted by Gasteiger charge is 2.15. The lowest BCUT2D eigenvalue weighted by Gasteiger charge is -2.17. The van der Waals surface area contributed by atoms with Crippen LogP contribution in [0, 0.1) is 0 Å². The molecule has 0 saturated carbocycles. The average Bonchev–Trinajstić information content (AvgIpc) is 3.32. The minimum Gasteiger partial charge on any atom is -0.507 e. The van der Waals surface area contributed by atoms with E-state index in [0.717, 1.165) is 32.8 Å². The van der Waals surface area contributed by atoms with Crippen LogP contribution in [0.3, 0.4) is 0 Å². The number of aliphatic imine (C=N–C) groups is 1. The maximum atomic E-state index is 12.5. The fourth-order valence-corrected chi connectivity index (χ4v) is 4.30. The number of phenolic OH excluding ortho intramolecular Hbond substituents is 1. The van der Waals surface area contributed by atoms with E-state index in [-0.39, 0.29) is 17.7 Å². The van der Waals surface area contributed by atoms with Crippen LogP contribution < -0.4 is 11.1 Å². The van der Waals surface area contributed by atoms with Gasteiger partial charge in [-0.25, -0.2) is 4.99 Å². The zero-order valence-electron chi connectivity index (χ0n) is 19.8. The molecule has 33 heavy (non-hydrogen) atoms.